The monoisotopic (exact) mass is 318 g/mol. The second-order valence-corrected chi connectivity index (χ2v) is 5.72. The number of aromatic nitrogens is 2. The highest BCUT2D eigenvalue weighted by molar-refractivity contribution is 5.97. The fourth-order valence-corrected chi connectivity index (χ4v) is 2.87. The molecule has 1 fully saturated rings. The maximum Gasteiger partial charge on any atom is 0.317 e. The molecule has 8 heteroatoms. The molecule has 0 radical (unpaired) electrons. The second kappa shape index (κ2) is 6.33. The first-order chi connectivity index (χ1) is 11.1. The highest BCUT2D eigenvalue weighted by Gasteiger charge is 2.34. The number of aliphatic carboxylic acids is 1. The highest BCUT2D eigenvalue weighted by Crippen LogP contribution is 2.26. The minimum absolute atomic E-state index is 0.0393. The summed E-state index contributed by atoms with van der Waals surface area (Å²) in [6, 6.07) is 5.29. The molecule has 0 bridgehead atoms. The number of carbonyl (C=O) groups excluding carboxylic acids is 1. The number of fused-ring (bicyclic) bond motifs is 1. The average Bonchev–Trinajstić information content (AvgIpc) is 2.95. The van der Waals surface area contributed by atoms with Crippen molar-refractivity contribution in [3.8, 4) is 0 Å². The Bertz CT molecular complexity index is 723. The molecule has 1 heterocycles. The minimum atomic E-state index is -0.825. The summed E-state index contributed by atoms with van der Waals surface area (Å²) in [6.45, 7) is 2.67. The molecule has 0 saturated heterocycles. The Hall–Kier alpha value is -2.48. The van der Waals surface area contributed by atoms with Crippen LogP contribution in [0.15, 0.2) is 22.8 Å². The summed E-state index contributed by atoms with van der Waals surface area (Å²) in [5, 5.41) is 19.3. The fraction of sp³-hybridized carbons (Fsp3) is 0.467. The van der Waals surface area contributed by atoms with Gasteiger partial charge in [0.1, 0.15) is 11.0 Å². The van der Waals surface area contributed by atoms with E-state index in [2.05, 4.69) is 20.3 Å². The molecule has 1 saturated carbocycles. The van der Waals surface area contributed by atoms with Gasteiger partial charge in [-0.15, -0.1) is 0 Å². The average molecular weight is 318 g/mol. The Morgan fingerprint density at radius 2 is 2.09 bits per heavy atom. The quantitative estimate of drug-likeness (QED) is 0.814. The molecule has 0 atom stereocenters. The lowest BCUT2D eigenvalue weighted by molar-refractivity contribution is -0.139. The van der Waals surface area contributed by atoms with Gasteiger partial charge in [0, 0.05) is 17.6 Å². The SMILES string of the molecule is CCN(CC(=O)O)C1CC(NC(=O)c2ccc3nonc3c2)C1. The molecule has 1 aromatic heterocycles. The van der Waals surface area contributed by atoms with Crippen LogP contribution in [0.5, 0.6) is 0 Å². The van der Waals surface area contributed by atoms with Crippen LogP contribution in [-0.2, 0) is 4.79 Å². The lowest BCUT2D eigenvalue weighted by Crippen LogP contribution is -2.54. The van der Waals surface area contributed by atoms with Crippen LogP contribution in [0, 0.1) is 0 Å². The van der Waals surface area contributed by atoms with Gasteiger partial charge in [-0.1, -0.05) is 6.92 Å². The number of likely N-dealkylation sites (N-methyl/N-ethyl adjacent to an activating group) is 1. The first-order valence-corrected chi connectivity index (χ1v) is 7.56. The molecular formula is C15H18N4O4. The van der Waals surface area contributed by atoms with E-state index < -0.39 is 5.97 Å². The molecule has 1 aromatic carbocycles. The third-order valence-corrected chi connectivity index (χ3v) is 4.23. The Morgan fingerprint density at radius 1 is 1.35 bits per heavy atom. The van der Waals surface area contributed by atoms with Crippen LogP contribution in [-0.4, -0.2) is 57.4 Å². The Kier molecular flexibility index (Phi) is 4.24. The number of nitrogens with one attached hydrogen (secondary N) is 1. The third-order valence-electron chi connectivity index (χ3n) is 4.23. The van der Waals surface area contributed by atoms with Gasteiger partial charge in [-0.25, -0.2) is 4.63 Å². The summed E-state index contributed by atoms with van der Waals surface area (Å²) in [6.07, 6.45) is 1.53. The lowest BCUT2D eigenvalue weighted by atomic mass is 9.85. The number of amides is 1. The van der Waals surface area contributed by atoms with Crippen molar-refractivity contribution in [2.75, 3.05) is 13.1 Å². The summed E-state index contributed by atoms with van der Waals surface area (Å²) < 4.78 is 4.61. The number of carboxylic acid groups (broad SMARTS) is 1. The van der Waals surface area contributed by atoms with Gasteiger partial charge in [0.15, 0.2) is 0 Å². The van der Waals surface area contributed by atoms with Crippen molar-refractivity contribution in [3.63, 3.8) is 0 Å². The molecule has 0 spiro atoms. The number of hydrogen-bond acceptors (Lipinski definition) is 6. The van der Waals surface area contributed by atoms with Crippen LogP contribution in [0.1, 0.15) is 30.1 Å². The van der Waals surface area contributed by atoms with Gasteiger partial charge < -0.3 is 10.4 Å². The van der Waals surface area contributed by atoms with Crippen LogP contribution < -0.4 is 5.32 Å². The summed E-state index contributed by atoms with van der Waals surface area (Å²) in [5.74, 6) is -0.992. The van der Waals surface area contributed by atoms with Gasteiger partial charge >= 0.3 is 5.97 Å². The van der Waals surface area contributed by atoms with E-state index in [1.165, 1.54) is 0 Å². The van der Waals surface area contributed by atoms with E-state index in [-0.39, 0.29) is 24.5 Å². The van der Waals surface area contributed by atoms with Gasteiger partial charge in [-0.3, -0.25) is 14.5 Å². The number of carbonyl (C=O) groups is 2. The van der Waals surface area contributed by atoms with Crippen LogP contribution in [0.3, 0.4) is 0 Å². The van der Waals surface area contributed by atoms with Gasteiger partial charge in [-0.05, 0) is 47.9 Å². The first kappa shape index (κ1) is 15.4. The van der Waals surface area contributed by atoms with E-state index in [1.54, 1.807) is 18.2 Å². The summed E-state index contributed by atoms with van der Waals surface area (Å²) in [5.41, 5.74) is 1.66. The van der Waals surface area contributed by atoms with E-state index in [0.717, 1.165) is 12.8 Å². The number of nitrogens with zero attached hydrogens (tertiary/aromatic N) is 3. The van der Waals surface area contributed by atoms with Crippen molar-refractivity contribution in [1.82, 2.24) is 20.5 Å². The normalized spacial score (nSPS) is 20.4. The fourth-order valence-electron chi connectivity index (χ4n) is 2.87. The Morgan fingerprint density at radius 3 is 2.78 bits per heavy atom. The highest BCUT2D eigenvalue weighted by atomic mass is 16.6. The predicted molar refractivity (Wildman–Crippen MR) is 81.0 cm³/mol. The van der Waals surface area contributed by atoms with Gasteiger partial charge in [0.2, 0.25) is 0 Å². The van der Waals surface area contributed by atoms with E-state index in [1.807, 2.05) is 11.8 Å². The van der Waals surface area contributed by atoms with E-state index >= 15 is 0 Å². The van der Waals surface area contributed by atoms with Crippen LogP contribution in [0.25, 0.3) is 11.0 Å². The molecule has 23 heavy (non-hydrogen) atoms. The number of rotatable bonds is 6. The van der Waals surface area contributed by atoms with E-state index in [0.29, 0.717) is 23.1 Å². The van der Waals surface area contributed by atoms with Crippen molar-refractivity contribution in [1.29, 1.82) is 0 Å². The second-order valence-electron chi connectivity index (χ2n) is 5.72. The Balaban J connectivity index is 1.54. The van der Waals surface area contributed by atoms with Crippen molar-refractivity contribution in [2.45, 2.75) is 31.8 Å². The predicted octanol–water partition coefficient (Wildman–Crippen LogP) is 0.890. The first-order valence-electron chi connectivity index (χ1n) is 7.56. The van der Waals surface area contributed by atoms with E-state index in [9.17, 15) is 9.59 Å². The zero-order valence-corrected chi connectivity index (χ0v) is 12.7. The van der Waals surface area contributed by atoms with Crippen molar-refractivity contribution >= 4 is 22.9 Å². The van der Waals surface area contributed by atoms with Crippen molar-refractivity contribution in [2.24, 2.45) is 0 Å². The molecule has 2 aromatic rings. The van der Waals surface area contributed by atoms with Crippen LogP contribution in [0.2, 0.25) is 0 Å². The molecule has 122 valence electrons. The van der Waals surface area contributed by atoms with Crippen molar-refractivity contribution in [3.05, 3.63) is 23.8 Å². The van der Waals surface area contributed by atoms with Crippen molar-refractivity contribution < 1.29 is 19.3 Å². The molecule has 0 unspecified atom stereocenters. The minimum Gasteiger partial charge on any atom is -0.480 e. The van der Waals surface area contributed by atoms with Gasteiger partial charge in [-0.2, -0.15) is 0 Å². The standard InChI is InChI=1S/C15H18N4O4/c1-2-19(8-14(20)21)11-6-10(7-11)16-15(22)9-3-4-12-13(5-9)18-23-17-12/h3-5,10-11H,2,6-8H2,1H3,(H,16,22)(H,20,21). The molecule has 8 nitrogen and oxygen atoms in total. The molecule has 2 N–H and O–H groups in total. The largest absolute Gasteiger partial charge is 0.480 e. The maximum absolute atomic E-state index is 12.2. The molecular weight excluding hydrogens is 300 g/mol. The summed E-state index contributed by atoms with van der Waals surface area (Å²) in [4.78, 5) is 25.0. The van der Waals surface area contributed by atoms with Gasteiger partial charge in [0.25, 0.3) is 5.91 Å². The zero-order chi connectivity index (χ0) is 16.4. The molecule has 1 amide bonds. The third kappa shape index (κ3) is 3.31. The van der Waals surface area contributed by atoms with Crippen LogP contribution in [0.4, 0.5) is 0 Å². The number of benzene rings is 1. The molecule has 3 rings (SSSR count). The van der Waals surface area contributed by atoms with Gasteiger partial charge in [0.05, 0.1) is 6.54 Å². The molecule has 1 aliphatic rings. The summed E-state index contributed by atoms with van der Waals surface area (Å²) >= 11 is 0. The smallest absolute Gasteiger partial charge is 0.317 e. The van der Waals surface area contributed by atoms with Crippen LogP contribution >= 0.6 is 0 Å². The topological polar surface area (TPSA) is 109 Å². The number of hydrogen-bond donors (Lipinski definition) is 2. The number of carboxylic acids is 1. The Labute approximate surface area is 132 Å². The summed E-state index contributed by atoms with van der Waals surface area (Å²) in [7, 11) is 0. The lowest BCUT2D eigenvalue weighted by Gasteiger charge is -2.42. The molecule has 1 aliphatic carbocycles. The van der Waals surface area contributed by atoms with E-state index in [4.69, 9.17) is 5.11 Å². The zero-order valence-electron chi connectivity index (χ0n) is 12.7. The molecule has 0 aliphatic heterocycles. The maximum atomic E-state index is 12.2.